The summed E-state index contributed by atoms with van der Waals surface area (Å²) in [5.74, 6) is -1.54. The highest BCUT2D eigenvalue weighted by molar-refractivity contribution is 7.10. The molecule has 0 saturated carbocycles. The summed E-state index contributed by atoms with van der Waals surface area (Å²) in [6.07, 6.45) is 1.79. The maximum atomic E-state index is 13.2. The number of H-pyrrole nitrogens is 1. The maximum Gasteiger partial charge on any atom is 0.265 e. The van der Waals surface area contributed by atoms with Crippen molar-refractivity contribution < 1.29 is 14.0 Å². The van der Waals surface area contributed by atoms with E-state index in [-0.39, 0.29) is 18.1 Å². The molecule has 0 radical (unpaired) electrons. The number of ketones is 2. The number of Topliss-reactive ketones (excluding diaryl/α,β-unsaturated/α-hetero) is 2. The zero-order valence-corrected chi connectivity index (χ0v) is 12.8. The van der Waals surface area contributed by atoms with Crippen molar-refractivity contribution >= 4 is 22.9 Å². The molecule has 0 saturated heterocycles. The number of aromatic amines is 1. The molecular weight excluding hydrogens is 317 g/mol. The average Bonchev–Trinajstić information content (AvgIpc) is 3.18. The minimum absolute atomic E-state index is 0.0212. The Morgan fingerprint density at radius 2 is 2.09 bits per heavy atom. The minimum atomic E-state index is -0.678. The number of carbonyl (C=O) groups excluding carboxylic acids is 2. The Kier molecular flexibility index (Phi) is 4.38. The van der Waals surface area contributed by atoms with Gasteiger partial charge < -0.3 is 0 Å². The molecule has 1 aromatic carbocycles. The fourth-order valence-electron chi connectivity index (χ4n) is 2.18. The number of nitrogens with one attached hydrogen (secondary N) is 1. The first-order chi connectivity index (χ1) is 11.1. The smallest absolute Gasteiger partial charge is 0.265 e. The zero-order chi connectivity index (χ0) is 16.2. The van der Waals surface area contributed by atoms with Crippen LogP contribution in [0.4, 0.5) is 4.39 Å². The predicted molar refractivity (Wildman–Crippen MR) is 82.9 cm³/mol. The number of aromatic nitrogens is 3. The summed E-state index contributed by atoms with van der Waals surface area (Å²) in [7, 11) is 0. The molecule has 0 aliphatic heterocycles. The van der Waals surface area contributed by atoms with Gasteiger partial charge in [-0.25, -0.2) is 9.37 Å². The first-order valence-electron chi connectivity index (χ1n) is 6.85. The van der Waals surface area contributed by atoms with Gasteiger partial charge in [0.25, 0.3) is 5.78 Å². The van der Waals surface area contributed by atoms with Crippen molar-refractivity contribution in [2.24, 2.45) is 0 Å². The molecule has 5 nitrogen and oxygen atoms in total. The summed E-state index contributed by atoms with van der Waals surface area (Å²) in [5.41, 5.74) is 1.84. The van der Waals surface area contributed by atoms with Crippen LogP contribution < -0.4 is 0 Å². The van der Waals surface area contributed by atoms with E-state index in [1.54, 1.807) is 6.07 Å². The van der Waals surface area contributed by atoms with Gasteiger partial charge in [0, 0.05) is 11.3 Å². The van der Waals surface area contributed by atoms with Crippen LogP contribution in [0.2, 0.25) is 0 Å². The standard InChI is InChI=1S/C16H12FN3O2S/c17-12-3-1-2-10(5-12)4-11-6-13(23-8-11)7-14(21)15(22)16-18-9-19-20-16/h1-3,5-6,8-9H,4,7H2,(H,18,19,20). The van der Waals surface area contributed by atoms with Crippen LogP contribution in [0, 0.1) is 5.82 Å². The van der Waals surface area contributed by atoms with Crippen molar-refractivity contribution in [1.82, 2.24) is 15.2 Å². The average molecular weight is 329 g/mol. The molecule has 0 bridgehead atoms. The summed E-state index contributed by atoms with van der Waals surface area (Å²) < 4.78 is 13.2. The molecule has 0 amide bonds. The molecule has 0 aliphatic rings. The molecule has 3 aromatic rings. The summed E-state index contributed by atoms with van der Waals surface area (Å²) in [6, 6.07) is 8.25. The summed E-state index contributed by atoms with van der Waals surface area (Å²) in [4.78, 5) is 28.2. The normalized spacial score (nSPS) is 10.7. The van der Waals surface area contributed by atoms with E-state index in [2.05, 4.69) is 15.2 Å². The third-order valence-electron chi connectivity index (χ3n) is 3.22. The number of carbonyl (C=O) groups is 2. The van der Waals surface area contributed by atoms with Gasteiger partial charge in [-0.2, -0.15) is 5.10 Å². The predicted octanol–water partition coefficient (Wildman–Crippen LogP) is 2.59. The van der Waals surface area contributed by atoms with Crippen molar-refractivity contribution in [1.29, 1.82) is 0 Å². The van der Waals surface area contributed by atoms with E-state index < -0.39 is 11.6 Å². The third kappa shape index (κ3) is 3.75. The highest BCUT2D eigenvalue weighted by atomic mass is 32.1. The zero-order valence-electron chi connectivity index (χ0n) is 12.0. The Morgan fingerprint density at radius 1 is 1.22 bits per heavy atom. The van der Waals surface area contributed by atoms with Crippen LogP contribution in [0.25, 0.3) is 0 Å². The molecule has 0 fully saturated rings. The van der Waals surface area contributed by atoms with Crippen molar-refractivity contribution in [3.63, 3.8) is 0 Å². The second-order valence-electron chi connectivity index (χ2n) is 4.99. The molecule has 0 unspecified atom stereocenters. The molecule has 3 rings (SSSR count). The quantitative estimate of drug-likeness (QED) is 0.557. The minimum Gasteiger partial charge on any atom is -0.290 e. The molecule has 7 heteroatoms. The van der Waals surface area contributed by atoms with Crippen LogP contribution in [0.15, 0.2) is 42.0 Å². The lowest BCUT2D eigenvalue weighted by atomic mass is 10.1. The lowest BCUT2D eigenvalue weighted by Gasteiger charge is -1.99. The van der Waals surface area contributed by atoms with Gasteiger partial charge in [-0.3, -0.25) is 14.7 Å². The van der Waals surface area contributed by atoms with E-state index in [0.717, 1.165) is 16.0 Å². The van der Waals surface area contributed by atoms with Gasteiger partial charge in [-0.15, -0.1) is 11.3 Å². The highest BCUT2D eigenvalue weighted by Crippen LogP contribution is 2.19. The molecular formula is C16H12FN3O2S. The molecule has 0 aliphatic carbocycles. The second kappa shape index (κ2) is 6.62. The van der Waals surface area contributed by atoms with E-state index in [1.807, 2.05) is 17.5 Å². The van der Waals surface area contributed by atoms with Crippen LogP contribution in [-0.4, -0.2) is 26.7 Å². The first-order valence-corrected chi connectivity index (χ1v) is 7.73. The van der Waals surface area contributed by atoms with Crippen molar-refractivity contribution in [2.75, 3.05) is 0 Å². The van der Waals surface area contributed by atoms with E-state index in [9.17, 15) is 14.0 Å². The second-order valence-corrected chi connectivity index (χ2v) is 5.99. The Morgan fingerprint density at radius 3 is 2.83 bits per heavy atom. The van der Waals surface area contributed by atoms with E-state index >= 15 is 0 Å². The van der Waals surface area contributed by atoms with Crippen LogP contribution in [0.5, 0.6) is 0 Å². The molecule has 0 spiro atoms. The maximum absolute atomic E-state index is 13.2. The number of halogens is 1. The van der Waals surface area contributed by atoms with Gasteiger partial charge in [-0.1, -0.05) is 12.1 Å². The summed E-state index contributed by atoms with van der Waals surface area (Å²) in [5, 5.41) is 7.85. The molecule has 116 valence electrons. The molecule has 0 atom stereocenters. The van der Waals surface area contributed by atoms with Crippen LogP contribution in [0.3, 0.4) is 0 Å². The van der Waals surface area contributed by atoms with Crippen molar-refractivity contribution in [2.45, 2.75) is 12.8 Å². The number of hydrogen-bond donors (Lipinski definition) is 1. The SMILES string of the molecule is O=C(Cc1cc(Cc2cccc(F)c2)cs1)C(=O)c1ncn[nH]1. The first kappa shape index (κ1) is 15.2. The van der Waals surface area contributed by atoms with Gasteiger partial charge in [0.1, 0.15) is 12.1 Å². The number of hydrogen-bond acceptors (Lipinski definition) is 5. The van der Waals surface area contributed by atoms with Crippen LogP contribution in [-0.2, 0) is 17.6 Å². The monoisotopic (exact) mass is 329 g/mol. The number of rotatable bonds is 6. The van der Waals surface area contributed by atoms with E-state index in [0.29, 0.717) is 6.42 Å². The van der Waals surface area contributed by atoms with Gasteiger partial charge in [-0.05, 0) is 41.1 Å². The largest absolute Gasteiger partial charge is 0.290 e. The Bertz CT molecular complexity index is 843. The van der Waals surface area contributed by atoms with Gasteiger partial charge >= 0.3 is 0 Å². The lowest BCUT2D eigenvalue weighted by molar-refractivity contribution is -0.114. The van der Waals surface area contributed by atoms with Crippen LogP contribution in [0.1, 0.15) is 26.6 Å². The van der Waals surface area contributed by atoms with E-state index in [4.69, 9.17) is 0 Å². The molecule has 2 aromatic heterocycles. The highest BCUT2D eigenvalue weighted by Gasteiger charge is 2.20. The Labute approximate surface area is 135 Å². The number of thiophene rings is 1. The molecule has 23 heavy (non-hydrogen) atoms. The molecule has 1 N–H and O–H groups in total. The van der Waals surface area contributed by atoms with E-state index in [1.165, 1.54) is 29.8 Å². The Balaban J connectivity index is 1.65. The fourth-order valence-corrected chi connectivity index (χ4v) is 3.07. The third-order valence-corrected chi connectivity index (χ3v) is 4.21. The van der Waals surface area contributed by atoms with Gasteiger partial charge in [0.15, 0.2) is 5.82 Å². The number of nitrogens with zero attached hydrogens (tertiary/aromatic N) is 2. The molecule has 2 heterocycles. The number of benzene rings is 1. The topological polar surface area (TPSA) is 75.7 Å². The van der Waals surface area contributed by atoms with Gasteiger partial charge in [0.05, 0.1) is 0 Å². The van der Waals surface area contributed by atoms with Crippen molar-refractivity contribution in [3.05, 3.63) is 69.7 Å². The summed E-state index contributed by atoms with van der Waals surface area (Å²) in [6.45, 7) is 0. The van der Waals surface area contributed by atoms with Crippen LogP contribution >= 0.6 is 11.3 Å². The van der Waals surface area contributed by atoms with Crippen molar-refractivity contribution in [3.8, 4) is 0 Å². The fraction of sp³-hybridized carbons (Fsp3) is 0.125. The Hall–Kier alpha value is -2.67. The summed E-state index contributed by atoms with van der Waals surface area (Å²) >= 11 is 1.40. The lowest BCUT2D eigenvalue weighted by Crippen LogP contribution is -2.17. The van der Waals surface area contributed by atoms with Gasteiger partial charge in [0.2, 0.25) is 5.78 Å².